The highest BCUT2D eigenvalue weighted by Gasteiger charge is 2.10. The molecule has 7 heteroatoms. The van der Waals surface area contributed by atoms with Crippen molar-refractivity contribution in [1.29, 1.82) is 0 Å². The lowest BCUT2D eigenvalue weighted by Crippen LogP contribution is -2.13. The van der Waals surface area contributed by atoms with Gasteiger partial charge in [-0.25, -0.2) is 0 Å². The first kappa shape index (κ1) is 18.0. The van der Waals surface area contributed by atoms with Gasteiger partial charge in [-0.2, -0.15) is 0 Å². The van der Waals surface area contributed by atoms with Gasteiger partial charge in [0.1, 0.15) is 5.75 Å². The van der Waals surface area contributed by atoms with E-state index in [1.54, 1.807) is 48.5 Å². The van der Waals surface area contributed by atoms with Gasteiger partial charge in [0.05, 0.1) is 17.0 Å². The summed E-state index contributed by atoms with van der Waals surface area (Å²) in [4.78, 5) is 25.0. The van der Waals surface area contributed by atoms with E-state index in [0.29, 0.717) is 32.6 Å². The number of thiophene rings is 1. The molecule has 0 fully saturated rings. The molecule has 1 heterocycles. The first-order valence-electron chi connectivity index (χ1n) is 7.66. The van der Waals surface area contributed by atoms with Crippen molar-refractivity contribution in [3.8, 4) is 5.75 Å². The van der Waals surface area contributed by atoms with E-state index in [0.717, 1.165) is 0 Å². The van der Waals surface area contributed by atoms with Gasteiger partial charge in [-0.1, -0.05) is 17.7 Å². The molecule has 0 aliphatic heterocycles. The van der Waals surface area contributed by atoms with Crippen molar-refractivity contribution < 1.29 is 14.3 Å². The van der Waals surface area contributed by atoms with Gasteiger partial charge in [0, 0.05) is 16.9 Å². The van der Waals surface area contributed by atoms with E-state index in [-0.39, 0.29) is 11.8 Å². The van der Waals surface area contributed by atoms with Crippen LogP contribution in [0, 0.1) is 0 Å². The number of methoxy groups -OCH3 is 1. The van der Waals surface area contributed by atoms with Crippen LogP contribution in [-0.2, 0) is 0 Å². The average Bonchev–Trinajstić information content (AvgIpc) is 3.17. The Morgan fingerprint density at radius 1 is 0.962 bits per heavy atom. The minimum Gasteiger partial charge on any atom is -0.495 e. The van der Waals surface area contributed by atoms with Gasteiger partial charge in [-0.15, -0.1) is 11.3 Å². The van der Waals surface area contributed by atoms with E-state index in [4.69, 9.17) is 16.3 Å². The van der Waals surface area contributed by atoms with Crippen LogP contribution in [0.5, 0.6) is 5.75 Å². The van der Waals surface area contributed by atoms with E-state index in [1.807, 2.05) is 11.4 Å². The first-order chi connectivity index (χ1) is 12.6. The summed E-state index contributed by atoms with van der Waals surface area (Å²) >= 11 is 7.42. The second-order valence-electron chi connectivity index (χ2n) is 5.31. The number of nitrogens with one attached hydrogen (secondary N) is 2. The molecule has 0 saturated heterocycles. The number of halogens is 1. The maximum atomic E-state index is 12.3. The second-order valence-corrected chi connectivity index (χ2v) is 6.67. The molecular weight excluding hydrogens is 372 g/mol. The summed E-state index contributed by atoms with van der Waals surface area (Å²) < 4.78 is 5.08. The molecule has 0 saturated carbocycles. The summed E-state index contributed by atoms with van der Waals surface area (Å²) in [6.07, 6.45) is 0. The Morgan fingerprint density at radius 2 is 1.65 bits per heavy atom. The van der Waals surface area contributed by atoms with Crippen LogP contribution in [0.2, 0.25) is 5.02 Å². The summed E-state index contributed by atoms with van der Waals surface area (Å²) in [6, 6.07) is 15.2. The summed E-state index contributed by atoms with van der Waals surface area (Å²) in [7, 11) is 1.53. The Hall–Kier alpha value is -2.83. The molecule has 1 aromatic heterocycles. The van der Waals surface area contributed by atoms with Crippen molar-refractivity contribution in [2.24, 2.45) is 0 Å². The van der Waals surface area contributed by atoms with Crippen LogP contribution in [0.25, 0.3) is 0 Å². The van der Waals surface area contributed by atoms with Crippen molar-refractivity contribution in [2.45, 2.75) is 0 Å². The van der Waals surface area contributed by atoms with Gasteiger partial charge in [0.2, 0.25) is 0 Å². The van der Waals surface area contributed by atoms with Crippen LogP contribution in [0.3, 0.4) is 0 Å². The zero-order valence-corrected chi connectivity index (χ0v) is 15.4. The zero-order valence-electron chi connectivity index (χ0n) is 13.8. The van der Waals surface area contributed by atoms with Crippen LogP contribution < -0.4 is 15.4 Å². The fourth-order valence-electron chi connectivity index (χ4n) is 2.25. The van der Waals surface area contributed by atoms with Gasteiger partial charge in [0.15, 0.2) is 0 Å². The smallest absolute Gasteiger partial charge is 0.265 e. The number of benzene rings is 2. The third-order valence-electron chi connectivity index (χ3n) is 3.56. The van der Waals surface area contributed by atoms with Gasteiger partial charge in [-0.05, 0) is 53.9 Å². The quantitative estimate of drug-likeness (QED) is 0.654. The third-order valence-corrected chi connectivity index (χ3v) is 4.72. The number of amides is 2. The van der Waals surface area contributed by atoms with Gasteiger partial charge < -0.3 is 15.4 Å². The molecule has 0 aliphatic rings. The number of ether oxygens (including phenoxy) is 1. The van der Waals surface area contributed by atoms with E-state index in [9.17, 15) is 9.59 Å². The summed E-state index contributed by atoms with van der Waals surface area (Å²) in [5, 5.41) is 7.81. The molecule has 0 bridgehead atoms. The highest BCUT2D eigenvalue weighted by atomic mass is 35.5. The van der Waals surface area contributed by atoms with E-state index >= 15 is 0 Å². The largest absolute Gasteiger partial charge is 0.495 e. The molecule has 26 heavy (non-hydrogen) atoms. The zero-order chi connectivity index (χ0) is 18.5. The summed E-state index contributed by atoms with van der Waals surface area (Å²) in [5.74, 6) is 0.0861. The lowest BCUT2D eigenvalue weighted by atomic mass is 10.2. The van der Waals surface area contributed by atoms with E-state index in [2.05, 4.69) is 10.6 Å². The molecule has 0 atom stereocenters. The Bertz CT molecular complexity index is 924. The Balaban J connectivity index is 1.65. The predicted octanol–water partition coefficient (Wildman–Crippen LogP) is 4.91. The van der Waals surface area contributed by atoms with Crippen molar-refractivity contribution in [3.05, 3.63) is 75.4 Å². The van der Waals surface area contributed by atoms with Crippen LogP contribution in [0.1, 0.15) is 20.0 Å². The molecule has 2 N–H and O–H groups in total. The monoisotopic (exact) mass is 386 g/mol. The van der Waals surface area contributed by atoms with Crippen molar-refractivity contribution >= 4 is 46.1 Å². The second kappa shape index (κ2) is 8.03. The van der Waals surface area contributed by atoms with Crippen molar-refractivity contribution in [2.75, 3.05) is 17.7 Å². The molecular formula is C19H15ClN2O3S. The highest BCUT2D eigenvalue weighted by molar-refractivity contribution is 7.12. The van der Waals surface area contributed by atoms with Crippen LogP contribution >= 0.6 is 22.9 Å². The van der Waals surface area contributed by atoms with Crippen molar-refractivity contribution in [1.82, 2.24) is 0 Å². The highest BCUT2D eigenvalue weighted by Crippen LogP contribution is 2.27. The van der Waals surface area contributed by atoms with Crippen LogP contribution in [-0.4, -0.2) is 18.9 Å². The lowest BCUT2D eigenvalue weighted by molar-refractivity contribution is 0.102. The Labute approximate surface area is 159 Å². The molecule has 2 amide bonds. The summed E-state index contributed by atoms with van der Waals surface area (Å²) in [6.45, 7) is 0. The lowest BCUT2D eigenvalue weighted by Gasteiger charge is -2.09. The molecule has 132 valence electrons. The fourth-order valence-corrected chi connectivity index (χ4v) is 3.13. The topological polar surface area (TPSA) is 67.4 Å². The molecule has 2 aromatic carbocycles. The van der Waals surface area contributed by atoms with Gasteiger partial charge >= 0.3 is 0 Å². The number of carbonyl (C=O) groups excluding carboxylic acids is 2. The molecule has 0 aliphatic carbocycles. The maximum Gasteiger partial charge on any atom is 0.265 e. The molecule has 0 spiro atoms. The van der Waals surface area contributed by atoms with Crippen LogP contribution in [0.15, 0.2) is 60.0 Å². The van der Waals surface area contributed by atoms with Crippen molar-refractivity contribution in [3.63, 3.8) is 0 Å². The minimum absolute atomic E-state index is 0.176. The number of anilines is 2. The number of hydrogen-bond donors (Lipinski definition) is 2. The Kier molecular flexibility index (Phi) is 5.55. The minimum atomic E-state index is -0.276. The number of carbonyl (C=O) groups is 2. The fraction of sp³-hybridized carbons (Fsp3) is 0.0526. The third kappa shape index (κ3) is 4.22. The van der Waals surface area contributed by atoms with Gasteiger partial charge in [-0.3, -0.25) is 9.59 Å². The SMILES string of the molecule is COc1ccc(NC(=O)c2ccc(NC(=O)c3cccs3)cc2)cc1Cl. The average molecular weight is 387 g/mol. The van der Waals surface area contributed by atoms with E-state index < -0.39 is 0 Å². The molecule has 5 nitrogen and oxygen atoms in total. The molecule has 3 aromatic rings. The molecule has 0 unspecified atom stereocenters. The predicted molar refractivity (Wildman–Crippen MR) is 105 cm³/mol. The standard InChI is InChI=1S/C19H15ClN2O3S/c1-25-16-9-8-14(11-15(16)20)22-18(23)12-4-6-13(7-5-12)21-19(24)17-3-2-10-26-17/h2-11H,1H3,(H,21,24)(H,22,23). The van der Waals surface area contributed by atoms with Gasteiger partial charge in [0.25, 0.3) is 11.8 Å². The maximum absolute atomic E-state index is 12.3. The van der Waals surface area contributed by atoms with E-state index in [1.165, 1.54) is 18.4 Å². The first-order valence-corrected chi connectivity index (χ1v) is 8.92. The Morgan fingerprint density at radius 3 is 2.27 bits per heavy atom. The number of rotatable bonds is 5. The molecule has 0 radical (unpaired) electrons. The van der Waals surface area contributed by atoms with Crippen LogP contribution in [0.4, 0.5) is 11.4 Å². The number of hydrogen-bond acceptors (Lipinski definition) is 4. The molecule has 3 rings (SSSR count). The normalized spacial score (nSPS) is 10.2. The summed E-state index contributed by atoms with van der Waals surface area (Å²) in [5.41, 5.74) is 1.65.